The molecule has 1 aromatic rings. The van der Waals surface area contributed by atoms with Crippen LogP contribution in [0.1, 0.15) is 44.0 Å². The minimum absolute atomic E-state index is 0. The number of carbonyl (C=O) groups excluding carboxylic acids is 2. The van der Waals surface area contributed by atoms with Crippen molar-refractivity contribution in [1.82, 2.24) is 16.0 Å². The van der Waals surface area contributed by atoms with Crippen LogP contribution in [0.25, 0.3) is 0 Å². The van der Waals surface area contributed by atoms with Crippen LogP contribution in [0.2, 0.25) is 0 Å². The monoisotopic (exact) mass is 354 g/mol. The second-order valence-electron chi connectivity index (χ2n) is 6.35. The molecular formula is C17H27ClN4O2. The van der Waals surface area contributed by atoms with Gasteiger partial charge in [-0.3, -0.25) is 4.79 Å². The van der Waals surface area contributed by atoms with Gasteiger partial charge in [-0.15, -0.1) is 12.4 Å². The van der Waals surface area contributed by atoms with Crippen molar-refractivity contribution < 1.29 is 9.59 Å². The van der Waals surface area contributed by atoms with Gasteiger partial charge in [-0.1, -0.05) is 12.1 Å². The molecule has 1 aromatic carbocycles. The minimum Gasteiger partial charge on any atom is -0.349 e. The average molecular weight is 355 g/mol. The van der Waals surface area contributed by atoms with E-state index in [9.17, 15) is 9.59 Å². The molecular weight excluding hydrogens is 328 g/mol. The van der Waals surface area contributed by atoms with E-state index in [2.05, 4.69) is 28.2 Å². The van der Waals surface area contributed by atoms with Gasteiger partial charge in [0.2, 0.25) is 0 Å². The Kier molecular flexibility index (Phi) is 8.01. The standard InChI is InChI=1S/C17H26N4O2.ClH/c1-11(2)19-17(23)21-15-7-5-4-6-14(15)16(22)20-13-8-9-18-12(3)10-13;/h4-7,11-13,18H,8-10H2,1-3H3,(H,20,22)(H2,19,21,23);1H. The maximum absolute atomic E-state index is 12.5. The van der Waals surface area contributed by atoms with Crippen LogP contribution in [0.5, 0.6) is 0 Å². The summed E-state index contributed by atoms with van der Waals surface area (Å²) in [6.45, 7) is 6.79. The van der Waals surface area contributed by atoms with Gasteiger partial charge in [0.25, 0.3) is 5.91 Å². The van der Waals surface area contributed by atoms with Gasteiger partial charge in [0.15, 0.2) is 0 Å². The maximum atomic E-state index is 12.5. The second kappa shape index (κ2) is 9.49. The van der Waals surface area contributed by atoms with E-state index in [0.717, 1.165) is 19.4 Å². The summed E-state index contributed by atoms with van der Waals surface area (Å²) >= 11 is 0. The Morgan fingerprint density at radius 3 is 2.62 bits per heavy atom. The maximum Gasteiger partial charge on any atom is 0.319 e. The highest BCUT2D eigenvalue weighted by molar-refractivity contribution is 6.03. The molecule has 24 heavy (non-hydrogen) atoms. The molecule has 2 atom stereocenters. The second-order valence-corrected chi connectivity index (χ2v) is 6.35. The lowest BCUT2D eigenvalue weighted by molar-refractivity contribution is 0.0926. The Morgan fingerprint density at radius 1 is 1.25 bits per heavy atom. The Labute approximate surface area is 149 Å². The molecule has 0 bridgehead atoms. The predicted molar refractivity (Wildman–Crippen MR) is 98.9 cm³/mol. The molecule has 7 heteroatoms. The number of hydrogen-bond donors (Lipinski definition) is 4. The SMILES string of the molecule is CC(C)NC(=O)Nc1ccccc1C(=O)NC1CCNC(C)C1.Cl. The fourth-order valence-corrected chi connectivity index (χ4v) is 2.74. The number of para-hydroxylation sites is 1. The number of anilines is 1. The van der Waals surface area contributed by atoms with E-state index in [-0.39, 0.29) is 36.4 Å². The molecule has 4 N–H and O–H groups in total. The summed E-state index contributed by atoms with van der Waals surface area (Å²) in [4.78, 5) is 24.4. The van der Waals surface area contributed by atoms with Gasteiger partial charge in [0.05, 0.1) is 11.3 Å². The molecule has 3 amide bonds. The van der Waals surface area contributed by atoms with Crippen LogP contribution in [0.15, 0.2) is 24.3 Å². The van der Waals surface area contributed by atoms with Crippen molar-refractivity contribution in [1.29, 1.82) is 0 Å². The zero-order valence-electron chi connectivity index (χ0n) is 14.4. The van der Waals surface area contributed by atoms with E-state index >= 15 is 0 Å². The Hall–Kier alpha value is -1.79. The minimum atomic E-state index is -0.310. The molecule has 1 aliphatic rings. The van der Waals surface area contributed by atoms with Crippen LogP contribution in [0, 0.1) is 0 Å². The number of benzene rings is 1. The van der Waals surface area contributed by atoms with E-state index in [1.54, 1.807) is 24.3 Å². The molecule has 1 saturated heterocycles. The highest BCUT2D eigenvalue weighted by atomic mass is 35.5. The molecule has 1 aliphatic heterocycles. The number of halogens is 1. The van der Waals surface area contributed by atoms with Crippen molar-refractivity contribution >= 4 is 30.0 Å². The highest BCUT2D eigenvalue weighted by Crippen LogP contribution is 2.16. The van der Waals surface area contributed by atoms with Gasteiger partial charge >= 0.3 is 6.03 Å². The van der Waals surface area contributed by atoms with Crippen LogP contribution in [0.4, 0.5) is 10.5 Å². The fraction of sp³-hybridized carbons (Fsp3) is 0.529. The molecule has 0 radical (unpaired) electrons. The van der Waals surface area contributed by atoms with Gasteiger partial charge in [-0.05, 0) is 52.3 Å². The lowest BCUT2D eigenvalue weighted by atomic mass is 10.00. The van der Waals surface area contributed by atoms with Crippen molar-refractivity contribution in [2.24, 2.45) is 0 Å². The van der Waals surface area contributed by atoms with Gasteiger partial charge in [0, 0.05) is 18.1 Å². The van der Waals surface area contributed by atoms with Crippen molar-refractivity contribution in [2.75, 3.05) is 11.9 Å². The molecule has 1 fully saturated rings. The molecule has 0 saturated carbocycles. The first-order valence-electron chi connectivity index (χ1n) is 8.16. The molecule has 2 unspecified atom stereocenters. The summed E-state index contributed by atoms with van der Waals surface area (Å²) in [5, 5.41) is 11.9. The molecule has 0 aromatic heterocycles. The number of urea groups is 1. The molecule has 0 spiro atoms. The zero-order chi connectivity index (χ0) is 16.8. The number of amides is 3. The molecule has 134 valence electrons. The molecule has 1 heterocycles. The number of piperidine rings is 1. The van der Waals surface area contributed by atoms with Crippen LogP contribution in [-0.2, 0) is 0 Å². The Bertz CT molecular complexity index is 565. The lowest BCUT2D eigenvalue weighted by Crippen LogP contribution is -2.46. The highest BCUT2D eigenvalue weighted by Gasteiger charge is 2.21. The quantitative estimate of drug-likeness (QED) is 0.670. The lowest BCUT2D eigenvalue weighted by Gasteiger charge is -2.28. The van der Waals surface area contributed by atoms with Crippen molar-refractivity contribution in [3.05, 3.63) is 29.8 Å². The Morgan fingerprint density at radius 2 is 1.96 bits per heavy atom. The van der Waals surface area contributed by atoms with E-state index < -0.39 is 0 Å². The molecule has 6 nitrogen and oxygen atoms in total. The summed E-state index contributed by atoms with van der Waals surface area (Å²) in [6.07, 6.45) is 1.83. The summed E-state index contributed by atoms with van der Waals surface area (Å²) in [5.41, 5.74) is 1.00. The number of carbonyl (C=O) groups is 2. The van der Waals surface area contributed by atoms with Gasteiger partial charge in [-0.2, -0.15) is 0 Å². The van der Waals surface area contributed by atoms with Crippen LogP contribution in [0.3, 0.4) is 0 Å². The summed E-state index contributed by atoms with van der Waals surface area (Å²) in [6, 6.07) is 7.35. The first-order chi connectivity index (χ1) is 11.0. The smallest absolute Gasteiger partial charge is 0.319 e. The number of hydrogen-bond acceptors (Lipinski definition) is 3. The van der Waals surface area contributed by atoms with E-state index in [4.69, 9.17) is 0 Å². The first kappa shape index (κ1) is 20.3. The van der Waals surface area contributed by atoms with Crippen molar-refractivity contribution in [3.8, 4) is 0 Å². The van der Waals surface area contributed by atoms with Crippen LogP contribution >= 0.6 is 12.4 Å². The van der Waals surface area contributed by atoms with Crippen molar-refractivity contribution in [2.45, 2.75) is 51.7 Å². The summed E-state index contributed by atoms with van der Waals surface area (Å²) in [5.74, 6) is -0.149. The first-order valence-corrected chi connectivity index (χ1v) is 8.16. The van der Waals surface area contributed by atoms with Gasteiger partial charge < -0.3 is 21.3 Å². The fourth-order valence-electron chi connectivity index (χ4n) is 2.74. The van der Waals surface area contributed by atoms with Gasteiger partial charge in [-0.25, -0.2) is 4.79 Å². The summed E-state index contributed by atoms with van der Waals surface area (Å²) < 4.78 is 0. The normalized spacial score (nSPS) is 20.0. The number of rotatable bonds is 4. The van der Waals surface area contributed by atoms with E-state index in [1.165, 1.54) is 0 Å². The van der Waals surface area contributed by atoms with E-state index in [1.807, 2.05) is 13.8 Å². The summed E-state index contributed by atoms with van der Waals surface area (Å²) in [7, 11) is 0. The predicted octanol–water partition coefficient (Wildman–Crippen LogP) is 2.51. The Balaban J connectivity index is 0.00000288. The van der Waals surface area contributed by atoms with E-state index in [0.29, 0.717) is 17.3 Å². The molecule has 2 rings (SSSR count). The number of nitrogens with one attached hydrogen (secondary N) is 4. The molecule has 0 aliphatic carbocycles. The van der Waals surface area contributed by atoms with Crippen LogP contribution < -0.4 is 21.3 Å². The third-order valence-corrected chi connectivity index (χ3v) is 3.80. The van der Waals surface area contributed by atoms with Crippen LogP contribution in [-0.4, -0.2) is 36.6 Å². The average Bonchev–Trinajstić information content (AvgIpc) is 2.46. The van der Waals surface area contributed by atoms with Crippen molar-refractivity contribution in [3.63, 3.8) is 0 Å². The largest absolute Gasteiger partial charge is 0.349 e. The zero-order valence-corrected chi connectivity index (χ0v) is 15.2. The third-order valence-electron chi connectivity index (χ3n) is 3.80. The third kappa shape index (κ3) is 6.02. The van der Waals surface area contributed by atoms with Gasteiger partial charge in [0.1, 0.15) is 0 Å². The topological polar surface area (TPSA) is 82.3 Å².